The Morgan fingerprint density at radius 2 is 1.73 bits per heavy atom. The summed E-state index contributed by atoms with van der Waals surface area (Å²) in [6.45, 7) is 6.58. The summed E-state index contributed by atoms with van der Waals surface area (Å²) in [4.78, 5) is 49.3. The summed E-state index contributed by atoms with van der Waals surface area (Å²) in [6, 6.07) is 4.45. The van der Waals surface area contributed by atoms with Crippen LogP contribution in [0, 0.1) is 5.92 Å². The molecular formula is C18H23N3O5. The van der Waals surface area contributed by atoms with Gasteiger partial charge in [-0.3, -0.25) is 19.3 Å². The van der Waals surface area contributed by atoms with Crippen molar-refractivity contribution in [2.24, 2.45) is 5.92 Å². The minimum absolute atomic E-state index is 0.159. The second kappa shape index (κ2) is 8.46. The third kappa shape index (κ3) is 4.38. The highest BCUT2D eigenvalue weighted by molar-refractivity contribution is 6.22. The van der Waals surface area contributed by atoms with Gasteiger partial charge in [0.25, 0.3) is 17.7 Å². The smallest absolute Gasteiger partial charge is 0.407 e. The van der Waals surface area contributed by atoms with Gasteiger partial charge < -0.3 is 15.4 Å². The van der Waals surface area contributed by atoms with Gasteiger partial charge in [0.05, 0.1) is 17.7 Å². The van der Waals surface area contributed by atoms with E-state index >= 15 is 0 Å². The molecule has 0 atom stereocenters. The van der Waals surface area contributed by atoms with Crippen LogP contribution < -0.4 is 10.6 Å². The Labute approximate surface area is 151 Å². The fourth-order valence-corrected chi connectivity index (χ4v) is 2.59. The number of hydrogen-bond donors (Lipinski definition) is 2. The van der Waals surface area contributed by atoms with Gasteiger partial charge in [-0.25, -0.2) is 4.79 Å². The molecule has 8 heteroatoms. The number of rotatable bonds is 7. The second-order valence-corrected chi connectivity index (χ2v) is 6.28. The molecule has 0 aromatic heterocycles. The number of hydrogen-bond acceptors (Lipinski definition) is 5. The van der Waals surface area contributed by atoms with Gasteiger partial charge in [-0.1, -0.05) is 13.8 Å². The van der Waals surface area contributed by atoms with Crippen LogP contribution in [0.15, 0.2) is 18.2 Å². The Bertz CT molecular complexity index is 730. The summed E-state index contributed by atoms with van der Waals surface area (Å²) in [5, 5.41) is 5.13. The van der Waals surface area contributed by atoms with E-state index in [0.717, 1.165) is 0 Å². The molecule has 8 nitrogen and oxygen atoms in total. The number of nitrogens with one attached hydrogen (secondary N) is 2. The molecule has 1 heterocycles. The lowest BCUT2D eigenvalue weighted by Crippen LogP contribution is -2.35. The first kappa shape index (κ1) is 19.4. The van der Waals surface area contributed by atoms with Crippen LogP contribution in [-0.2, 0) is 4.74 Å². The number of carbonyl (C=O) groups is 4. The first-order valence-corrected chi connectivity index (χ1v) is 8.54. The highest BCUT2D eigenvalue weighted by Gasteiger charge is 2.36. The molecule has 0 saturated carbocycles. The molecule has 0 fully saturated rings. The van der Waals surface area contributed by atoms with Crippen molar-refractivity contribution in [2.45, 2.75) is 20.8 Å². The van der Waals surface area contributed by atoms with Crippen LogP contribution >= 0.6 is 0 Å². The highest BCUT2D eigenvalue weighted by Crippen LogP contribution is 2.24. The van der Waals surface area contributed by atoms with Gasteiger partial charge in [-0.05, 0) is 31.0 Å². The molecule has 1 aliphatic heterocycles. The van der Waals surface area contributed by atoms with Crippen LogP contribution in [0.1, 0.15) is 51.8 Å². The lowest BCUT2D eigenvalue weighted by atomic mass is 10.1. The molecule has 1 aromatic carbocycles. The number of fused-ring (bicyclic) bond motifs is 1. The number of imide groups is 1. The maximum absolute atomic E-state index is 12.4. The molecular weight excluding hydrogens is 338 g/mol. The lowest BCUT2D eigenvalue weighted by molar-refractivity contribution is 0.0636. The molecule has 1 aliphatic rings. The van der Waals surface area contributed by atoms with Crippen molar-refractivity contribution in [1.29, 1.82) is 0 Å². The Kier molecular flexibility index (Phi) is 6.32. The molecule has 0 radical (unpaired) electrons. The molecule has 0 saturated heterocycles. The van der Waals surface area contributed by atoms with Gasteiger partial charge in [0.15, 0.2) is 0 Å². The normalized spacial score (nSPS) is 13.0. The average Bonchev–Trinajstić information content (AvgIpc) is 2.83. The molecule has 0 aliphatic carbocycles. The van der Waals surface area contributed by atoms with Crippen LogP contribution in [0.4, 0.5) is 4.79 Å². The number of ether oxygens (including phenoxy) is 1. The summed E-state index contributed by atoms with van der Waals surface area (Å²) < 4.78 is 4.71. The van der Waals surface area contributed by atoms with E-state index < -0.39 is 6.09 Å². The summed E-state index contributed by atoms with van der Waals surface area (Å²) >= 11 is 0. The molecule has 0 spiro atoms. The van der Waals surface area contributed by atoms with Crippen molar-refractivity contribution in [3.8, 4) is 0 Å². The summed E-state index contributed by atoms with van der Waals surface area (Å²) in [7, 11) is 0. The van der Waals surface area contributed by atoms with Crippen molar-refractivity contribution < 1.29 is 23.9 Å². The fraction of sp³-hybridized carbons (Fsp3) is 0.444. The van der Waals surface area contributed by atoms with E-state index in [2.05, 4.69) is 10.6 Å². The van der Waals surface area contributed by atoms with Gasteiger partial charge in [0.1, 0.15) is 0 Å². The first-order chi connectivity index (χ1) is 12.3. The third-order valence-electron chi connectivity index (χ3n) is 3.74. The molecule has 1 aromatic rings. The Morgan fingerprint density at radius 1 is 1.08 bits per heavy atom. The number of carbonyl (C=O) groups excluding carboxylic acids is 4. The predicted octanol–water partition coefficient (Wildman–Crippen LogP) is 1.41. The largest absolute Gasteiger partial charge is 0.450 e. The summed E-state index contributed by atoms with van der Waals surface area (Å²) in [6.07, 6.45) is -0.548. The number of benzene rings is 1. The molecule has 4 amide bonds. The number of nitrogens with zero attached hydrogens (tertiary/aromatic N) is 1. The van der Waals surface area contributed by atoms with E-state index in [4.69, 9.17) is 4.74 Å². The van der Waals surface area contributed by atoms with E-state index in [0.29, 0.717) is 12.1 Å². The maximum atomic E-state index is 12.4. The van der Waals surface area contributed by atoms with E-state index in [9.17, 15) is 19.2 Å². The maximum Gasteiger partial charge on any atom is 0.407 e. The van der Waals surface area contributed by atoms with Crippen molar-refractivity contribution in [1.82, 2.24) is 15.5 Å². The van der Waals surface area contributed by atoms with Gasteiger partial charge >= 0.3 is 6.09 Å². The monoisotopic (exact) mass is 361 g/mol. The van der Waals surface area contributed by atoms with E-state index in [1.54, 1.807) is 6.92 Å². The minimum atomic E-state index is -0.548. The quantitative estimate of drug-likeness (QED) is 0.564. The van der Waals surface area contributed by atoms with Gasteiger partial charge in [-0.2, -0.15) is 0 Å². The third-order valence-corrected chi connectivity index (χ3v) is 3.74. The van der Waals surface area contributed by atoms with Crippen LogP contribution in [0.25, 0.3) is 0 Å². The zero-order valence-electron chi connectivity index (χ0n) is 15.1. The van der Waals surface area contributed by atoms with Crippen LogP contribution in [0.5, 0.6) is 0 Å². The molecule has 2 rings (SSSR count). The van der Waals surface area contributed by atoms with Gasteiger partial charge in [0.2, 0.25) is 0 Å². The lowest BCUT2D eigenvalue weighted by Gasteiger charge is -2.15. The van der Waals surface area contributed by atoms with E-state index in [1.807, 2.05) is 13.8 Å². The fourth-order valence-electron chi connectivity index (χ4n) is 2.59. The SMILES string of the molecule is CCOC(=O)NCCNC(=O)c1ccc2c(c1)C(=O)N(CC(C)C)C2=O. The average molecular weight is 361 g/mol. The Hall–Kier alpha value is -2.90. The topological polar surface area (TPSA) is 105 Å². The second-order valence-electron chi connectivity index (χ2n) is 6.28. The van der Waals surface area contributed by atoms with Gasteiger partial charge in [-0.15, -0.1) is 0 Å². The van der Waals surface area contributed by atoms with Crippen molar-refractivity contribution in [3.05, 3.63) is 34.9 Å². The zero-order valence-corrected chi connectivity index (χ0v) is 15.1. The van der Waals surface area contributed by atoms with Crippen LogP contribution in [-0.4, -0.2) is 55.0 Å². The summed E-state index contributed by atoms with van der Waals surface area (Å²) in [5.41, 5.74) is 0.844. The molecule has 140 valence electrons. The van der Waals surface area contributed by atoms with Crippen LogP contribution in [0.2, 0.25) is 0 Å². The number of amides is 4. The number of alkyl carbamates (subject to hydrolysis) is 1. The van der Waals surface area contributed by atoms with Gasteiger partial charge in [0, 0.05) is 25.2 Å². The first-order valence-electron chi connectivity index (χ1n) is 8.54. The van der Waals surface area contributed by atoms with Crippen LogP contribution in [0.3, 0.4) is 0 Å². The zero-order chi connectivity index (χ0) is 19.3. The van der Waals surface area contributed by atoms with Crippen molar-refractivity contribution in [2.75, 3.05) is 26.2 Å². The van der Waals surface area contributed by atoms with E-state index in [-0.39, 0.29) is 54.5 Å². The molecule has 26 heavy (non-hydrogen) atoms. The molecule has 0 unspecified atom stereocenters. The minimum Gasteiger partial charge on any atom is -0.450 e. The standard InChI is InChI=1S/C18H23N3O5/c1-4-26-18(25)20-8-7-19-15(22)12-5-6-13-14(9-12)17(24)21(16(13)23)10-11(2)3/h5-6,9,11H,4,7-8,10H2,1-3H3,(H,19,22)(H,20,25). The predicted molar refractivity (Wildman–Crippen MR) is 94.0 cm³/mol. The van der Waals surface area contributed by atoms with Crippen molar-refractivity contribution >= 4 is 23.8 Å². The molecule has 2 N–H and O–H groups in total. The van der Waals surface area contributed by atoms with Crippen molar-refractivity contribution in [3.63, 3.8) is 0 Å². The Balaban J connectivity index is 1.98. The summed E-state index contributed by atoms with van der Waals surface area (Å²) in [5.74, 6) is -0.936. The Morgan fingerprint density at radius 3 is 2.38 bits per heavy atom. The molecule has 0 bridgehead atoms. The highest BCUT2D eigenvalue weighted by atomic mass is 16.5. The van der Waals surface area contributed by atoms with E-state index in [1.165, 1.54) is 23.1 Å².